The van der Waals surface area contributed by atoms with Crippen LogP contribution in [0.2, 0.25) is 0 Å². The molecule has 0 aromatic heterocycles. The molecule has 17 heavy (non-hydrogen) atoms. The van der Waals surface area contributed by atoms with E-state index in [0.717, 1.165) is 0 Å². The van der Waals surface area contributed by atoms with Crippen LogP contribution in [0.5, 0.6) is 0 Å². The number of rotatable bonds is 2. The zero-order valence-electron chi connectivity index (χ0n) is 10.7. The van der Waals surface area contributed by atoms with Crippen molar-refractivity contribution >= 4 is 51.6 Å². The second-order valence-electron chi connectivity index (χ2n) is 3.99. The van der Waals surface area contributed by atoms with Gasteiger partial charge in [0.05, 0.1) is 7.11 Å². The van der Waals surface area contributed by atoms with Gasteiger partial charge in [0.25, 0.3) is 0 Å². The Morgan fingerprint density at radius 1 is 1.29 bits per heavy atom. The van der Waals surface area contributed by atoms with E-state index in [0.29, 0.717) is 0 Å². The van der Waals surface area contributed by atoms with Gasteiger partial charge in [0, 0.05) is 0 Å². The fraction of sp³-hybridized carbons (Fsp3) is 0.778. The van der Waals surface area contributed by atoms with E-state index < -0.39 is 23.7 Å². The number of carbonyl (C=O) groups is 2. The third kappa shape index (κ3) is 14.8. The van der Waals surface area contributed by atoms with Crippen molar-refractivity contribution in [2.75, 3.05) is 7.11 Å². The fourth-order valence-electron chi connectivity index (χ4n) is 0.720. The summed E-state index contributed by atoms with van der Waals surface area (Å²) in [5.74, 6) is -0.504. The fourth-order valence-corrected chi connectivity index (χ4v) is 0.720. The number of hydrogen-bond acceptors (Lipinski definition) is 4. The van der Waals surface area contributed by atoms with Gasteiger partial charge in [-0.25, -0.2) is 9.59 Å². The summed E-state index contributed by atoms with van der Waals surface area (Å²) in [6.45, 7) is 6.76. The molecule has 1 amide bonds. The number of methoxy groups -OCH3 is 1. The van der Waals surface area contributed by atoms with Crippen molar-refractivity contribution in [2.45, 2.75) is 39.3 Å². The van der Waals surface area contributed by atoms with E-state index >= 15 is 0 Å². The first-order valence-corrected chi connectivity index (χ1v) is 23.0. The SMILES string of the molecule is COC(=O)[C@@H](C)NC(=O)OC(C)(C)C.[I][Zn][I]. The Balaban J connectivity index is 0. The molecule has 5 nitrogen and oxygen atoms in total. The maximum atomic E-state index is 11.1. The van der Waals surface area contributed by atoms with Crippen molar-refractivity contribution in [1.82, 2.24) is 5.32 Å². The molecule has 1 N–H and O–H groups in total. The van der Waals surface area contributed by atoms with Gasteiger partial charge in [-0.2, -0.15) is 0 Å². The summed E-state index contributed by atoms with van der Waals surface area (Å²) < 4.78 is 9.38. The van der Waals surface area contributed by atoms with Gasteiger partial charge in [-0.3, -0.25) is 0 Å². The third-order valence-electron chi connectivity index (χ3n) is 1.29. The molecule has 0 aromatic rings. The van der Waals surface area contributed by atoms with Crippen LogP contribution in [0.3, 0.4) is 0 Å². The molecule has 0 unspecified atom stereocenters. The van der Waals surface area contributed by atoms with Gasteiger partial charge in [-0.1, -0.05) is 0 Å². The van der Waals surface area contributed by atoms with Crippen LogP contribution in [0.15, 0.2) is 0 Å². The molecule has 0 fully saturated rings. The van der Waals surface area contributed by atoms with E-state index in [1.165, 1.54) is 14.0 Å². The van der Waals surface area contributed by atoms with E-state index in [1.54, 1.807) is 20.8 Å². The van der Waals surface area contributed by atoms with Crippen molar-refractivity contribution in [3.63, 3.8) is 0 Å². The molecular weight excluding hydrogens is 505 g/mol. The van der Waals surface area contributed by atoms with E-state index in [9.17, 15) is 9.59 Å². The van der Waals surface area contributed by atoms with Crippen molar-refractivity contribution < 1.29 is 29.2 Å². The Kier molecular flexibility index (Phi) is 12.7. The minimum absolute atomic E-state index is 0.0650. The van der Waals surface area contributed by atoms with Crippen molar-refractivity contribution in [2.24, 2.45) is 0 Å². The first kappa shape index (κ1) is 20.1. The van der Waals surface area contributed by atoms with E-state index in [-0.39, 0.29) is 10.1 Å². The van der Waals surface area contributed by atoms with E-state index in [1.807, 2.05) is 0 Å². The molecule has 0 saturated carbocycles. The first-order chi connectivity index (χ1) is 7.67. The number of esters is 1. The molecule has 0 aromatic carbocycles. The number of hydrogen-bond donors (Lipinski definition) is 1. The third-order valence-corrected chi connectivity index (χ3v) is 1.29. The van der Waals surface area contributed by atoms with Gasteiger partial charge in [-0.05, 0) is 27.7 Å². The van der Waals surface area contributed by atoms with Crippen LogP contribution in [-0.4, -0.2) is 30.8 Å². The molecule has 0 spiro atoms. The number of alkyl carbamates (subject to hydrolysis) is 1. The van der Waals surface area contributed by atoms with Crippen LogP contribution in [-0.2, 0) is 24.4 Å². The second-order valence-corrected chi connectivity index (χ2v) is 27.5. The molecule has 8 heteroatoms. The number of halogens is 2. The Morgan fingerprint density at radius 2 is 1.71 bits per heavy atom. The molecule has 0 saturated heterocycles. The standard InChI is InChI=1S/C9H17NO4.2HI.Zn/c1-6(7(11)13-5)10-8(12)14-9(2,3)4;;;/h6H,1-5H3,(H,10,12);2*1H;/q;;;+2/p-2/t6-;;;/m1.../s1. The average molecular weight is 522 g/mol. The molecular formula is C9H17I2NO4Zn. The average Bonchev–Trinajstić information content (AvgIpc) is 2.14. The van der Waals surface area contributed by atoms with Crippen LogP contribution in [0.4, 0.5) is 4.79 Å². The molecule has 1 atom stereocenters. The Morgan fingerprint density at radius 3 is 2.00 bits per heavy atom. The van der Waals surface area contributed by atoms with Gasteiger partial charge in [0.15, 0.2) is 0 Å². The van der Waals surface area contributed by atoms with Gasteiger partial charge >= 0.3 is 61.7 Å². The molecule has 0 radical (unpaired) electrons. The zero-order chi connectivity index (χ0) is 14.1. The van der Waals surface area contributed by atoms with Gasteiger partial charge in [0.2, 0.25) is 0 Å². The van der Waals surface area contributed by atoms with Crippen LogP contribution in [0.25, 0.3) is 0 Å². The summed E-state index contributed by atoms with van der Waals surface area (Å²) in [4.78, 5) is 22.1. The molecule has 0 bridgehead atoms. The quantitative estimate of drug-likeness (QED) is 0.344. The predicted molar refractivity (Wildman–Crippen MR) is 78.9 cm³/mol. The maximum absolute atomic E-state index is 11.1. The number of ether oxygens (including phenoxy) is 2. The Labute approximate surface area is 131 Å². The Hall–Kier alpha value is 0.823. The first-order valence-electron chi connectivity index (χ1n) is 4.87. The summed E-state index contributed by atoms with van der Waals surface area (Å²) in [6, 6.07) is -0.699. The molecule has 0 aliphatic heterocycles. The van der Waals surface area contributed by atoms with Crippen molar-refractivity contribution in [1.29, 1.82) is 0 Å². The van der Waals surface area contributed by atoms with Gasteiger partial charge in [0.1, 0.15) is 11.6 Å². The summed E-state index contributed by atoms with van der Waals surface area (Å²) in [5.41, 5.74) is -0.570. The van der Waals surface area contributed by atoms with Gasteiger partial charge < -0.3 is 14.8 Å². The monoisotopic (exact) mass is 521 g/mol. The second kappa shape index (κ2) is 10.7. The summed E-state index contributed by atoms with van der Waals surface area (Å²) in [7, 11) is 1.32. The molecule has 98 valence electrons. The molecule has 0 rings (SSSR count). The summed E-state index contributed by atoms with van der Waals surface area (Å²) in [5, 5.41) is 2.35. The summed E-state index contributed by atoms with van der Waals surface area (Å²) in [6.07, 6.45) is -0.629. The van der Waals surface area contributed by atoms with E-state index in [4.69, 9.17) is 4.74 Å². The zero-order valence-corrected chi connectivity index (χ0v) is 18.0. The van der Waals surface area contributed by atoms with Crippen LogP contribution in [0.1, 0.15) is 27.7 Å². The van der Waals surface area contributed by atoms with Gasteiger partial charge in [-0.15, -0.1) is 0 Å². The normalized spacial score (nSPS) is 11.2. The molecule has 0 aliphatic carbocycles. The topological polar surface area (TPSA) is 64.6 Å². The number of nitrogens with one attached hydrogen (secondary N) is 1. The predicted octanol–water partition coefficient (Wildman–Crippen LogP) is 2.84. The number of carbonyl (C=O) groups excluding carboxylic acids is 2. The Bertz CT molecular complexity index is 246. The van der Waals surface area contributed by atoms with E-state index in [2.05, 4.69) is 49.6 Å². The van der Waals surface area contributed by atoms with Crippen LogP contribution < -0.4 is 5.32 Å². The number of amides is 1. The van der Waals surface area contributed by atoms with Crippen molar-refractivity contribution in [3.8, 4) is 0 Å². The molecule has 0 heterocycles. The van der Waals surface area contributed by atoms with Crippen molar-refractivity contribution in [3.05, 3.63) is 0 Å². The van der Waals surface area contributed by atoms with Crippen LogP contribution >= 0.6 is 39.5 Å². The van der Waals surface area contributed by atoms with Crippen LogP contribution in [0, 0.1) is 0 Å². The molecule has 0 aliphatic rings. The minimum atomic E-state index is -0.699. The summed E-state index contributed by atoms with van der Waals surface area (Å²) >= 11 is 4.93.